The lowest BCUT2D eigenvalue weighted by molar-refractivity contribution is -0.138. The van der Waals surface area contributed by atoms with Gasteiger partial charge in [-0.3, -0.25) is 9.59 Å². The quantitative estimate of drug-likeness (QED) is 0.633. The number of alkyl carbamates (subject to hydrolysis) is 1. The van der Waals surface area contributed by atoms with E-state index in [1.165, 1.54) is 11.1 Å². The van der Waals surface area contributed by atoms with E-state index in [0.29, 0.717) is 19.4 Å². The lowest BCUT2D eigenvalue weighted by Crippen LogP contribution is -2.45. The molecule has 174 valence electrons. The number of carboxylic acids is 1. The number of hydrogen-bond acceptors (Lipinski definition) is 4. The Labute approximate surface area is 193 Å². The average Bonchev–Trinajstić information content (AvgIpc) is 3.39. The first kappa shape index (κ1) is 22.8. The fourth-order valence-corrected chi connectivity index (χ4v) is 5.08. The number of fused-ring (bicyclic) bond motifs is 3. The molecule has 0 saturated heterocycles. The second-order valence-corrected chi connectivity index (χ2v) is 8.87. The van der Waals surface area contributed by atoms with Crippen LogP contribution in [-0.2, 0) is 14.3 Å². The summed E-state index contributed by atoms with van der Waals surface area (Å²) >= 11 is 0. The lowest BCUT2D eigenvalue weighted by Gasteiger charge is -2.25. The molecule has 0 aliphatic heterocycles. The maximum absolute atomic E-state index is 12.8. The van der Waals surface area contributed by atoms with Crippen LogP contribution in [0.1, 0.15) is 49.1 Å². The zero-order valence-corrected chi connectivity index (χ0v) is 18.8. The lowest BCUT2D eigenvalue weighted by atomic mass is 9.98. The highest BCUT2D eigenvalue weighted by atomic mass is 16.5. The van der Waals surface area contributed by atoms with E-state index in [9.17, 15) is 14.4 Å². The van der Waals surface area contributed by atoms with E-state index >= 15 is 0 Å². The molecule has 2 aromatic carbocycles. The molecule has 2 aliphatic rings. The van der Waals surface area contributed by atoms with Crippen molar-refractivity contribution in [3.05, 3.63) is 59.7 Å². The Balaban J connectivity index is 1.33. The second kappa shape index (κ2) is 10.1. The zero-order valence-electron chi connectivity index (χ0n) is 18.8. The molecule has 4 rings (SSSR count). The van der Waals surface area contributed by atoms with Gasteiger partial charge >= 0.3 is 12.1 Å². The summed E-state index contributed by atoms with van der Waals surface area (Å²) in [6.07, 6.45) is 2.22. The van der Waals surface area contributed by atoms with Crippen molar-refractivity contribution < 1.29 is 24.2 Å². The van der Waals surface area contributed by atoms with Crippen LogP contribution < -0.4 is 5.32 Å². The van der Waals surface area contributed by atoms with Crippen LogP contribution in [0.3, 0.4) is 0 Å². The third kappa shape index (κ3) is 5.02. The minimum Gasteiger partial charge on any atom is -0.481 e. The third-order valence-electron chi connectivity index (χ3n) is 6.74. The Kier molecular flexibility index (Phi) is 6.96. The number of amides is 2. The van der Waals surface area contributed by atoms with Gasteiger partial charge in [-0.05, 0) is 41.5 Å². The molecule has 0 aromatic heterocycles. The van der Waals surface area contributed by atoms with Crippen molar-refractivity contribution in [1.82, 2.24) is 10.2 Å². The standard InChI is InChI=1S/C26H30N2O5/c1-28(15-7-14-24(29)30)25(31)21-12-6-13-23(21)27-26(32)33-16-22-19-10-4-2-8-17(19)18-9-3-5-11-20(18)22/h2-5,8-11,21-23H,6-7,12-16H2,1H3,(H,27,32)(H,29,30)/t21-,23+/m1/s1. The van der Waals surface area contributed by atoms with Crippen LogP contribution in [0.4, 0.5) is 4.79 Å². The number of nitrogens with zero attached hydrogens (tertiary/aromatic N) is 1. The van der Waals surface area contributed by atoms with Gasteiger partial charge in [0.1, 0.15) is 6.61 Å². The van der Waals surface area contributed by atoms with Gasteiger partial charge in [0.25, 0.3) is 0 Å². The summed E-state index contributed by atoms with van der Waals surface area (Å²) in [7, 11) is 1.69. The minimum atomic E-state index is -0.869. The first-order valence-corrected chi connectivity index (χ1v) is 11.5. The molecular weight excluding hydrogens is 420 g/mol. The van der Waals surface area contributed by atoms with E-state index in [4.69, 9.17) is 9.84 Å². The summed E-state index contributed by atoms with van der Waals surface area (Å²) < 4.78 is 5.64. The van der Waals surface area contributed by atoms with E-state index in [0.717, 1.165) is 24.0 Å². The van der Waals surface area contributed by atoms with Crippen molar-refractivity contribution in [3.8, 4) is 11.1 Å². The summed E-state index contributed by atoms with van der Waals surface area (Å²) in [6, 6.07) is 16.1. The Hall–Kier alpha value is -3.35. The van der Waals surface area contributed by atoms with Gasteiger partial charge in [-0.1, -0.05) is 55.0 Å². The van der Waals surface area contributed by atoms with Gasteiger partial charge in [0.2, 0.25) is 5.91 Å². The molecule has 0 heterocycles. The number of carbonyl (C=O) groups is 3. The Morgan fingerprint density at radius 2 is 1.67 bits per heavy atom. The van der Waals surface area contributed by atoms with E-state index in [2.05, 4.69) is 29.6 Å². The normalized spacial score (nSPS) is 18.9. The molecule has 2 amide bonds. The molecule has 2 N–H and O–H groups in total. The molecular formula is C26H30N2O5. The highest BCUT2D eigenvalue weighted by Crippen LogP contribution is 2.44. The van der Waals surface area contributed by atoms with Crippen LogP contribution in [0.25, 0.3) is 11.1 Å². The van der Waals surface area contributed by atoms with E-state index in [1.807, 2.05) is 24.3 Å². The van der Waals surface area contributed by atoms with Crippen LogP contribution in [0.2, 0.25) is 0 Å². The fourth-order valence-electron chi connectivity index (χ4n) is 5.08. The van der Waals surface area contributed by atoms with Crippen molar-refractivity contribution in [1.29, 1.82) is 0 Å². The number of hydrogen-bond donors (Lipinski definition) is 2. The molecule has 1 saturated carbocycles. The number of carboxylic acid groups (broad SMARTS) is 1. The summed E-state index contributed by atoms with van der Waals surface area (Å²) in [5.74, 6) is -1.24. The van der Waals surface area contributed by atoms with E-state index < -0.39 is 12.1 Å². The summed E-state index contributed by atoms with van der Waals surface area (Å²) in [5.41, 5.74) is 4.66. The zero-order chi connectivity index (χ0) is 23.4. The highest BCUT2D eigenvalue weighted by molar-refractivity contribution is 5.81. The van der Waals surface area contributed by atoms with Crippen LogP contribution in [-0.4, -0.2) is 54.2 Å². The molecule has 1 fully saturated rings. The SMILES string of the molecule is CN(CCCC(=O)O)C(=O)[C@@H]1CCC[C@@H]1NC(=O)OCC1c2ccccc2-c2ccccc21. The summed E-state index contributed by atoms with van der Waals surface area (Å²) in [6.45, 7) is 0.625. The molecule has 2 atom stereocenters. The second-order valence-electron chi connectivity index (χ2n) is 8.87. The molecule has 7 nitrogen and oxygen atoms in total. The van der Waals surface area contributed by atoms with E-state index in [-0.39, 0.29) is 36.8 Å². The molecule has 33 heavy (non-hydrogen) atoms. The molecule has 0 spiro atoms. The molecule has 0 bridgehead atoms. The van der Waals surface area contributed by atoms with Crippen LogP contribution in [0.15, 0.2) is 48.5 Å². The first-order chi connectivity index (χ1) is 16.0. The van der Waals surface area contributed by atoms with Gasteiger partial charge in [0.15, 0.2) is 0 Å². The molecule has 0 radical (unpaired) electrons. The van der Waals surface area contributed by atoms with Crippen LogP contribution >= 0.6 is 0 Å². The average molecular weight is 451 g/mol. The van der Waals surface area contributed by atoms with Gasteiger partial charge in [0.05, 0.1) is 5.92 Å². The Morgan fingerprint density at radius 3 is 2.30 bits per heavy atom. The predicted octanol–water partition coefficient (Wildman–Crippen LogP) is 4.02. The largest absolute Gasteiger partial charge is 0.481 e. The van der Waals surface area contributed by atoms with Gasteiger partial charge in [-0.15, -0.1) is 0 Å². The minimum absolute atomic E-state index is 0.00970. The van der Waals surface area contributed by atoms with Crippen molar-refractivity contribution in [3.63, 3.8) is 0 Å². The molecule has 2 aromatic rings. The molecule has 2 aliphatic carbocycles. The van der Waals surface area contributed by atoms with Crippen molar-refractivity contribution in [2.45, 2.75) is 44.1 Å². The Morgan fingerprint density at radius 1 is 1.03 bits per heavy atom. The predicted molar refractivity (Wildman–Crippen MR) is 124 cm³/mol. The number of rotatable bonds is 8. The maximum atomic E-state index is 12.8. The monoisotopic (exact) mass is 450 g/mol. The topological polar surface area (TPSA) is 95.9 Å². The third-order valence-corrected chi connectivity index (χ3v) is 6.74. The number of nitrogens with one attached hydrogen (secondary N) is 1. The van der Waals surface area contributed by atoms with Gasteiger partial charge < -0.3 is 20.1 Å². The van der Waals surface area contributed by atoms with Gasteiger partial charge in [0, 0.05) is 32.0 Å². The number of benzene rings is 2. The smallest absolute Gasteiger partial charge is 0.407 e. The molecule has 7 heteroatoms. The number of ether oxygens (including phenoxy) is 1. The van der Waals surface area contributed by atoms with Crippen molar-refractivity contribution in [2.24, 2.45) is 5.92 Å². The van der Waals surface area contributed by atoms with Crippen LogP contribution in [0, 0.1) is 5.92 Å². The van der Waals surface area contributed by atoms with Crippen molar-refractivity contribution >= 4 is 18.0 Å². The summed E-state index contributed by atoms with van der Waals surface area (Å²) in [4.78, 5) is 37.8. The number of aliphatic carboxylic acids is 1. The molecule has 0 unspecified atom stereocenters. The van der Waals surface area contributed by atoms with Gasteiger partial charge in [-0.25, -0.2) is 4.79 Å². The van der Waals surface area contributed by atoms with Gasteiger partial charge in [-0.2, -0.15) is 0 Å². The number of carbonyl (C=O) groups excluding carboxylic acids is 2. The Bertz CT molecular complexity index is 991. The van der Waals surface area contributed by atoms with Crippen LogP contribution in [0.5, 0.6) is 0 Å². The fraction of sp³-hybridized carbons (Fsp3) is 0.423. The van der Waals surface area contributed by atoms with E-state index in [1.54, 1.807) is 11.9 Å². The first-order valence-electron chi connectivity index (χ1n) is 11.5. The maximum Gasteiger partial charge on any atom is 0.407 e. The highest BCUT2D eigenvalue weighted by Gasteiger charge is 2.36. The van der Waals surface area contributed by atoms with Crippen molar-refractivity contribution in [2.75, 3.05) is 20.2 Å². The summed E-state index contributed by atoms with van der Waals surface area (Å²) in [5, 5.41) is 11.7.